The molecule has 3 nitrogen and oxygen atoms in total. The van der Waals surface area contributed by atoms with Crippen molar-refractivity contribution < 1.29 is 0 Å². The van der Waals surface area contributed by atoms with Gasteiger partial charge in [-0.3, -0.25) is 0 Å². The quantitative estimate of drug-likeness (QED) is 0.175. The third kappa shape index (κ3) is 5.18. The van der Waals surface area contributed by atoms with E-state index in [2.05, 4.69) is 171 Å². The largest absolute Gasteiger partial charge is 0.208 e. The Morgan fingerprint density at radius 2 is 0.837 bits per heavy atom. The SMILES string of the molecule is C[Si]1(C)c2ccccc2-c2ccc(-c3nc(-c4ccc(-c5ccc6ccccc6c5)cc4)nc(-c4cccc(-c5ccccc5)c4)n3)cc21. The van der Waals surface area contributed by atoms with Gasteiger partial charge in [-0.2, -0.15) is 0 Å². The highest BCUT2D eigenvalue weighted by molar-refractivity contribution is 7.03. The predicted octanol–water partition coefficient (Wildman–Crippen LogP) is 10.2. The molecule has 1 aromatic heterocycles. The lowest BCUT2D eigenvalue weighted by Crippen LogP contribution is -2.49. The van der Waals surface area contributed by atoms with Crippen molar-refractivity contribution in [1.29, 1.82) is 0 Å². The Hall–Kier alpha value is -5.97. The van der Waals surface area contributed by atoms with E-state index in [0.29, 0.717) is 17.5 Å². The highest BCUT2D eigenvalue weighted by atomic mass is 28.3. The van der Waals surface area contributed by atoms with Crippen molar-refractivity contribution in [1.82, 2.24) is 15.0 Å². The zero-order valence-electron chi connectivity index (χ0n) is 27.4. The molecule has 0 saturated carbocycles. The summed E-state index contributed by atoms with van der Waals surface area (Å²) < 4.78 is 0. The fourth-order valence-electron chi connectivity index (χ4n) is 7.26. The normalized spacial score (nSPS) is 12.9. The fraction of sp³-hybridized carbons (Fsp3) is 0.0444. The lowest BCUT2D eigenvalue weighted by atomic mass is 10.00. The van der Waals surface area contributed by atoms with Crippen LogP contribution in [0.4, 0.5) is 0 Å². The molecule has 0 bridgehead atoms. The molecule has 0 atom stereocenters. The zero-order chi connectivity index (χ0) is 33.0. The van der Waals surface area contributed by atoms with E-state index >= 15 is 0 Å². The summed E-state index contributed by atoms with van der Waals surface area (Å²) >= 11 is 0. The molecule has 0 radical (unpaired) electrons. The maximum atomic E-state index is 5.14. The summed E-state index contributed by atoms with van der Waals surface area (Å²) in [5.41, 5.74) is 10.3. The van der Waals surface area contributed by atoms with Gasteiger partial charge in [-0.05, 0) is 66.7 Å². The van der Waals surface area contributed by atoms with Gasteiger partial charge in [-0.1, -0.05) is 165 Å². The Labute approximate surface area is 287 Å². The molecule has 9 rings (SSSR count). The summed E-state index contributed by atoms with van der Waals surface area (Å²) in [5, 5.41) is 5.40. The molecule has 8 aromatic rings. The van der Waals surface area contributed by atoms with Crippen molar-refractivity contribution in [3.8, 4) is 67.5 Å². The molecule has 2 heterocycles. The number of hydrogen-bond donors (Lipinski definition) is 0. The maximum absolute atomic E-state index is 5.14. The Bertz CT molecular complexity index is 2520. The molecule has 4 heteroatoms. The van der Waals surface area contributed by atoms with Crippen LogP contribution in [-0.2, 0) is 0 Å². The zero-order valence-corrected chi connectivity index (χ0v) is 28.4. The minimum Gasteiger partial charge on any atom is -0.208 e. The molecule has 0 saturated heterocycles. The van der Waals surface area contributed by atoms with Crippen LogP contribution in [0.15, 0.2) is 164 Å². The first-order chi connectivity index (χ1) is 24.0. The number of nitrogens with zero attached hydrogens (tertiary/aromatic N) is 3. The van der Waals surface area contributed by atoms with Crippen LogP contribution in [0, 0.1) is 0 Å². The minimum atomic E-state index is -1.87. The topological polar surface area (TPSA) is 38.7 Å². The summed E-state index contributed by atoms with van der Waals surface area (Å²) in [4.78, 5) is 15.4. The van der Waals surface area contributed by atoms with Crippen molar-refractivity contribution in [2.75, 3.05) is 0 Å². The van der Waals surface area contributed by atoms with E-state index in [4.69, 9.17) is 15.0 Å². The summed E-state index contributed by atoms with van der Waals surface area (Å²) in [6, 6.07) is 58.3. The number of benzene rings is 7. The Kier molecular flexibility index (Phi) is 6.92. The van der Waals surface area contributed by atoms with Gasteiger partial charge in [0.1, 0.15) is 8.07 Å². The average molecular weight is 644 g/mol. The Morgan fingerprint density at radius 1 is 0.327 bits per heavy atom. The van der Waals surface area contributed by atoms with Gasteiger partial charge in [-0.15, -0.1) is 0 Å². The molecular weight excluding hydrogens is 611 g/mol. The molecule has 232 valence electrons. The van der Waals surface area contributed by atoms with E-state index in [-0.39, 0.29) is 0 Å². The summed E-state index contributed by atoms with van der Waals surface area (Å²) in [6.45, 7) is 4.88. The lowest BCUT2D eigenvalue weighted by Gasteiger charge is -2.19. The van der Waals surface area contributed by atoms with Crippen LogP contribution in [0.25, 0.3) is 78.3 Å². The van der Waals surface area contributed by atoms with Crippen LogP contribution in [0.1, 0.15) is 0 Å². The van der Waals surface area contributed by atoms with E-state index in [1.54, 1.807) is 0 Å². The van der Waals surface area contributed by atoms with Crippen LogP contribution < -0.4 is 10.4 Å². The molecule has 0 amide bonds. The van der Waals surface area contributed by atoms with Crippen molar-refractivity contribution >= 4 is 29.2 Å². The van der Waals surface area contributed by atoms with Gasteiger partial charge in [0, 0.05) is 16.7 Å². The van der Waals surface area contributed by atoms with E-state index in [0.717, 1.165) is 33.4 Å². The Morgan fingerprint density at radius 3 is 1.63 bits per heavy atom. The van der Waals surface area contributed by atoms with E-state index in [9.17, 15) is 0 Å². The number of fused-ring (bicyclic) bond motifs is 4. The van der Waals surface area contributed by atoms with Gasteiger partial charge < -0.3 is 0 Å². The molecule has 0 N–H and O–H groups in total. The highest BCUT2D eigenvalue weighted by Gasteiger charge is 2.37. The first kappa shape index (κ1) is 29.2. The smallest absolute Gasteiger partial charge is 0.164 e. The van der Waals surface area contributed by atoms with Gasteiger partial charge >= 0.3 is 0 Å². The molecule has 1 aliphatic heterocycles. The van der Waals surface area contributed by atoms with Crippen LogP contribution in [0.3, 0.4) is 0 Å². The first-order valence-electron chi connectivity index (χ1n) is 16.8. The molecule has 0 fully saturated rings. The van der Waals surface area contributed by atoms with Gasteiger partial charge in [0.05, 0.1) is 0 Å². The van der Waals surface area contributed by atoms with Crippen LogP contribution in [-0.4, -0.2) is 23.0 Å². The monoisotopic (exact) mass is 643 g/mol. The van der Waals surface area contributed by atoms with Crippen LogP contribution in [0.2, 0.25) is 13.1 Å². The average Bonchev–Trinajstić information content (AvgIpc) is 3.40. The number of hydrogen-bond acceptors (Lipinski definition) is 3. The van der Waals surface area contributed by atoms with Gasteiger partial charge in [0.15, 0.2) is 17.5 Å². The molecule has 0 aliphatic carbocycles. The summed E-state index contributed by atoms with van der Waals surface area (Å²) in [5.74, 6) is 2.01. The summed E-state index contributed by atoms with van der Waals surface area (Å²) in [7, 11) is -1.87. The third-order valence-electron chi connectivity index (χ3n) is 9.93. The molecule has 7 aromatic carbocycles. The van der Waals surface area contributed by atoms with Crippen LogP contribution in [0.5, 0.6) is 0 Å². The molecule has 0 unspecified atom stereocenters. The molecular formula is C45H33N3Si. The van der Waals surface area contributed by atoms with E-state index < -0.39 is 8.07 Å². The van der Waals surface area contributed by atoms with E-state index in [1.165, 1.54) is 37.8 Å². The van der Waals surface area contributed by atoms with Crippen molar-refractivity contribution in [3.05, 3.63) is 164 Å². The highest BCUT2D eigenvalue weighted by Crippen LogP contribution is 2.33. The van der Waals surface area contributed by atoms with Crippen molar-refractivity contribution in [2.45, 2.75) is 13.1 Å². The molecule has 0 spiro atoms. The van der Waals surface area contributed by atoms with E-state index in [1.807, 2.05) is 6.07 Å². The fourth-order valence-corrected chi connectivity index (χ4v) is 10.4. The number of rotatable bonds is 5. The van der Waals surface area contributed by atoms with Crippen molar-refractivity contribution in [3.63, 3.8) is 0 Å². The molecule has 1 aliphatic rings. The predicted molar refractivity (Wildman–Crippen MR) is 207 cm³/mol. The third-order valence-corrected chi connectivity index (χ3v) is 13.5. The second-order valence-electron chi connectivity index (χ2n) is 13.3. The van der Waals surface area contributed by atoms with Crippen molar-refractivity contribution in [2.24, 2.45) is 0 Å². The molecule has 49 heavy (non-hydrogen) atoms. The van der Waals surface area contributed by atoms with Gasteiger partial charge in [0.2, 0.25) is 0 Å². The van der Waals surface area contributed by atoms with Gasteiger partial charge in [-0.25, -0.2) is 15.0 Å². The maximum Gasteiger partial charge on any atom is 0.164 e. The minimum absolute atomic E-state index is 0.662. The lowest BCUT2D eigenvalue weighted by molar-refractivity contribution is 1.07. The van der Waals surface area contributed by atoms with Crippen LogP contribution >= 0.6 is 0 Å². The Balaban J connectivity index is 1.16. The standard InChI is InChI=1S/C45H33N3Si/c1-49(2)41-18-9-8-17-39(41)40-26-25-38(29-42(40)49)45-47-43(46-44(48-45)37-16-10-15-35(28-37)30-11-4-3-5-12-30)33-22-19-32(20-23-33)36-24-21-31-13-6-7-14-34(31)27-36/h3-29H,1-2H3. The summed E-state index contributed by atoms with van der Waals surface area (Å²) in [6.07, 6.45) is 0. The first-order valence-corrected chi connectivity index (χ1v) is 19.8. The second kappa shape index (κ2) is 11.6. The number of aromatic nitrogens is 3. The van der Waals surface area contributed by atoms with Gasteiger partial charge in [0.25, 0.3) is 0 Å². The second-order valence-corrected chi connectivity index (χ2v) is 17.7.